The zero-order chi connectivity index (χ0) is 10.7. The number of nitrogens with zero attached hydrogens (tertiary/aromatic N) is 2. The van der Waals surface area contributed by atoms with E-state index in [1.54, 1.807) is 0 Å². The molecule has 4 nitrogen and oxygen atoms in total. The maximum absolute atomic E-state index is 8.72. The summed E-state index contributed by atoms with van der Waals surface area (Å²) in [7, 11) is 0. The van der Waals surface area contributed by atoms with Crippen molar-refractivity contribution in [1.29, 1.82) is 5.26 Å². The van der Waals surface area contributed by atoms with E-state index in [0.717, 1.165) is 22.4 Å². The van der Waals surface area contributed by atoms with Gasteiger partial charge in [0, 0.05) is 18.8 Å². The highest BCUT2D eigenvalue weighted by Gasteiger charge is 2.03. The van der Waals surface area contributed by atoms with Crippen molar-refractivity contribution in [3.05, 3.63) is 23.2 Å². The van der Waals surface area contributed by atoms with Gasteiger partial charge in [-0.25, -0.2) is 4.98 Å². The van der Waals surface area contributed by atoms with Gasteiger partial charge < -0.3 is 11.1 Å². The molecule has 0 saturated heterocycles. The van der Waals surface area contributed by atoms with Crippen LogP contribution in [0.1, 0.15) is 5.01 Å². The molecule has 0 aliphatic heterocycles. The van der Waals surface area contributed by atoms with Crippen molar-refractivity contribution >= 4 is 27.2 Å². The minimum Gasteiger partial charge on any atom is -0.384 e. The van der Waals surface area contributed by atoms with Crippen LogP contribution in [-0.4, -0.2) is 18.1 Å². The van der Waals surface area contributed by atoms with Crippen LogP contribution in [0.5, 0.6) is 0 Å². The molecule has 0 spiro atoms. The fourth-order valence-electron chi connectivity index (χ4n) is 1.30. The third kappa shape index (κ3) is 2.06. The van der Waals surface area contributed by atoms with Gasteiger partial charge in [-0.15, -0.1) is 11.3 Å². The summed E-state index contributed by atoms with van der Waals surface area (Å²) in [5.74, 6) is 0. The number of anilines is 1. The Morgan fingerprint density at radius 3 is 3.13 bits per heavy atom. The summed E-state index contributed by atoms with van der Waals surface area (Å²) in [5, 5.41) is 12.4. The molecule has 0 amide bonds. The van der Waals surface area contributed by atoms with Gasteiger partial charge in [-0.05, 0) is 18.2 Å². The number of nitrogens with one attached hydrogen (secondary N) is 1. The van der Waals surface area contributed by atoms with Crippen LogP contribution in [0.4, 0.5) is 5.69 Å². The first-order valence-electron chi connectivity index (χ1n) is 4.58. The average Bonchev–Trinajstić information content (AvgIpc) is 2.68. The summed E-state index contributed by atoms with van der Waals surface area (Å²) >= 11 is 1.40. The second kappa shape index (κ2) is 4.26. The fraction of sp³-hybridized carbons (Fsp3) is 0.200. The molecular formula is C10H10N4S. The first-order chi connectivity index (χ1) is 7.33. The number of aromatic nitrogens is 1. The number of rotatable bonds is 3. The van der Waals surface area contributed by atoms with E-state index in [0.29, 0.717) is 11.6 Å². The van der Waals surface area contributed by atoms with E-state index in [4.69, 9.17) is 11.0 Å². The van der Waals surface area contributed by atoms with E-state index in [1.165, 1.54) is 11.3 Å². The number of nitrogens with two attached hydrogens (primary N) is 1. The molecule has 0 unspecified atom stereocenters. The lowest BCUT2D eigenvalue weighted by Crippen LogP contribution is -2.12. The van der Waals surface area contributed by atoms with E-state index in [2.05, 4.69) is 10.3 Å². The lowest BCUT2D eigenvalue weighted by molar-refractivity contribution is 1.02. The third-order valence-corrected chi connectivity index (χ3v) is 2.88. The van der Waals surface area contributed by atoms with Crippen LogP contribution in [0, 0.1) is 11.3 Å². The van der Waals surface area contributed by atoms with Gasteiger partial charge >= 0.3 is 0 Å². The normalized spacial score (nSPS) is 10.1. The lowest BCUT2D eigenvalue weighted by Gasteiger charge is -2.03. The molecule has 76 valence electrons. The number of benzene rings is 1. The Bertz CT molecular complexity index is 512. The monoisotopic (exact) mass is 218 g/mol. The van der Waals surface area contributed by atoms with Gasteiger partial charge in [-0.3, -0.25) is 0 Å². The van der Waals surface area contributed by atoms with Gasteiger partial charge in [0.25, 0.3) is 0 Å². The van der Waals surface area contributed by atoms with Gasteiger partial charge in [0.15, 0.2) is 5.01 Å². The van der Waals surface area contributed by atoms with Crippen LogP contribution in [0.25, 0.3) is 10.2 Å². The predicted octanol–water partition coefficient (Wildman–Crippen LogP) is 1.54. The van der Waals surface area contributed by atoms with Crippen LogP contribution in [0.3, 0.4) is 0 Å². The van der Waals surface area contributed by atoms with Gasteiger partial charge in [0.05, 0.1) is 10.2 Å². The van der Waals surface area contributed by atoms with Crippen LogP contribution in [0.15, 0.2) is 18.2 Å². The number of hydrogen-bond acceptors (Lipinski definition) is 5. The fourth-order valence-corrected chi connectivity index (χ4v) is 2.10. The zero-order valence-electron chi connectivity index (χ0n) is 8.03. The van der Waals surface area contributed by atoms with E-state index >= 15 is 0 Å². The quantitative estimate of drug-likeness (QED) is 0.819. The molecule has 0 bridgehead atoms. The zero-order valence-corrected chi connectivity index (χ0v) is 8.84. The molecule has 5 heteroatoms. The summed E-state index contributed by atoms with van der Waals surface area (Å²) in [5.41, 5.74) is 7.28. The molecule has 0 radical (unpaired) electrons. The summed E-state index contributed by atoms with van der Waals surface area (Å²) in [6, 6.07) is 7.89. The third-order valence-electron chi connectivity index (χ3n) is 1.96. The highest BCUT2D eigenvalue weighted by atomic mass is 32.1. The molecule has 1 aromatic carbocycles. The number of fused-ring (bicyclic) bond motifs is 1. The van der Waals surface area contributed by atoms with Crippen LogP contribution in [-0.2, 0) is 0 Å². The van der Waals surface area contributed by atoms with E-state index in [9.17, 15) is 0 Å². The first kappa shape index (κ1) is 9.90. The van der Waals surface area contributed by atoms with Gasteiger partial charge in [0.2, 0.25) is 0 Å². The molecule has 15 heavy (non-hydrogen) atoms. The Morgan fingerprint density at radius 2 is 2.40 bits per heavy atom. The molecule has 3 N–H and O–H groups in total. The smallest absolute Gasteiger partial charge is 0.195 e. The van der Waals surface area contributed by atoms with Crippen molar-refractivity contribution in [3.8, 4) is 6.07 Å². The van der Waals surface area contributed by atoms with Crippen molar-refractivity contribution in [2.24, 2.45) is 5.73 Å². The second-order valence-corrected chi connectivity index (χ2v) is 4.06. The molecule has 0 aliphatic rings. The van der Waals surface area contributed by atoms with E-state index < -0.39 is 0 Å². The Labute approximate surface area is 91.4 Å². The average molecular weight is 218 g/mol. The van der Waals surface area contributed by atoms with Gasteiger partial charge in [0.1, 0.15) is 6.07 Å². The first-order valence-corrected chi connectivity index (χ1v) is 5.40. The topological polar surface area (TPSA) is 74.7 Å². The number of nitriles is 1. The van der Waals surface area contributed by atoms with Crippen molar-refractivity contribution < 1.29 is 0 Å². The number of thiazole rings is 1. The van der Waals surface area contributed by atoms with Crippen molar-refractivity contribution in [2.45, 2.75) is 0 Å². The van der Waals surface area contributed by atoms with Crippen LogP contribution < -0.4 is 11.1 Å². The summed E-state index contributed by atoms with van der Waals surface area (Å²) in [6.45, 7) is 1.35. The molecule has 2 rings (SSSR count). The molecule has 0 fully saturated rings. The Hall–Kier alpha value is -1.64. The molecule has 0 saturated carbocycles. The maximum Gasteiger partial charge on any atom is 0.195 e. The molecule has 0 atom stereocenters. The lowest BCUT2D eigenvalue weighted by atomic mass is 10.3. The molecule has 1 heterocycles. The van der Waals surface area contributed by atoms with Crippen molar-refractivity contribution in [1.82, 2.24) is 4.98 Å². The van der Waals surface area contributed by atoms with E-state index in [-0.39, 0.29) is 0 Å². The highest BCUT2D eigenvalue weighted by molar-refractivity contribution is 7.19. The van der Waals surface area contributed by atoms with Gasteiger partial charge in [-0.1, -0.05) is 0 Å². The summed E-state index contributed by atoms with van der Waals surface area (Å²) < 4.78 is 1.02. The van der Waals surface area contributed by atoms with E-state index in [1.807, 2.05) is 24.3 Å². The van der Waals surface area contributed by atoms with Crippen LogP contribution in [0.2, 0.25) is 0 Å². The SMILES string of the molecule is N#Cc1nc2ccc(NCCN)cc2s1. The summed E-state index contributed by atoms with van der Waals surface area (Å²) in [6.07, 6.45) is 0. The Kier molecular flexibility index (Phi) is 2.81. The minimum absolute atomic E-state index is 0.501. The highest BCUT2D eigenvalue weighted by Crippen LogP contribution is 2.24. The second-order valence-electron chi connectivity index (χ2n) is 3.03. The minimum atomic E-state index is 0.501. The standard InChI is InChI=1S/C10H10N4S/c11-3-4-13-7-1-2-8-9(5-7)15-10(6-12)14-8/h1-2,5,13H,3-4,11H2. The molecule has 1 aromatic heterocycles. The molecular weight excluding hydrogens is 208 g/mol. The summed E-state index contributed by atoms with van der Waals surface area (Å²) in [4.78, 5) is 4.16. The van der Waals surface area contributed by atoms with Crippen LogP contribution >= 0.6 is 11.3 Å². The maximum atomic E-state index is 8.72. The Balaban J connectivity index is 2.34. The predicted molar refractivity (Wildman–Crippen MR) is 61.9 cm³/mol. The largest absolute Gasteiger partial charge is 0.384 e. The Morgan fingerprint density at radius 1 is 1.53 bits per heavy atom. The number of hydrogen-bond donors (Lipinski definition) is 2. The molecule has 0 aliphatic carbocycles. The van der Waals surface area contributed by atoms with Gasteiger partial charge in [-0.2, -0.15) is 5.26 Å². The van der Waals surface area contributed by atoms with Crippen molar-refractivity contribution in [3.63, 3.8) is 0 Å². The molecule has 2 aromatic rings. The van der Waals surface area contributed by atoms with Crippen molar-refractivity contribution in [2.75, 3.05) is 18.4 Å².